The van der Waals surface area contributed by atoms with Crippen LogP contribution in [0.2, 0.25) is 0 Å². The lowest BCUT2D eigenvalue weighted by atomic mass is 10.2. The van der Waals surface area contributed by atoms with Crippen molar-refractivity contribution in [3.05, 3.63) is 41.5 Å². The van der Waals surface area contributed by atoms with Crippen LogP contribution >= 0.6 is 0 Å². The maximum absolute atomic E-state index is 12.2. The predicted octanol–water partition coefficient (Wildman–Crippen LogP) is 1.76. The minimum absolute atomic E-state index is 0.123. The molecule has 1 amide bonds. The minimum Gasteiger partial charge on any atom is -0.385 e. The highest BCUT2D eigenvalue weighted by atomic mass is 16.1. The lowest BCUT2D eigenvalue weighted by molar-refractivity contribution is 0.0952. The first-order chi connectivity index (χ1) is 10.1. The van der Waals surface area contributed by atoms with Crippen LogP contribution in [0.4, 0.5) is 5.69 Å². The molecule has 0 spiro atoms. The largest absolute Gasteiger partial charge is 0.385 e. The molecule has 0 radical (unpaired) electrons. The molecule has 0 fully saturated rings. The molecule has 0 saturated carbocycles. The van der Waals surface area contributed by atoms with Crippen molar-refractivity contribution in [3.8, 4) is 0 Å². The number of hydrogen-bond donors (Lipinski definition) is 2. The van der Waals surface area contributed by atoms with E-state index in [-0.39, 0.29) is 5.91 Å². The van der Waals surface area contributed by atoms with Gasteiger partial charge in [-0.2, -0.15) is 5.10 Å². The summed E-state index contributed by atoms with van der Waals surface area (Å²) >= 11 is 0. The van der Waals surface area contributed by atoms with Crippen LogP contribution in [0.15, 0.2) is 24.7 Å². The maximum atomic E-state index is 12.2. The number of pyridine rings is 1. The number of amides is 1. The van der Waals surface area contributed by atoms with Crippen molar-refractivity contribution in [1.82, 2.24) is 20.1 Å². The van der Waals surface area contributed by atoms with E-state index in [4.69, 9.17) is 0 Å². The SMILES string of the molecule is CCNc1cc(C)ncc1C(=O)NCCn1cc(C)cn1. The summed E-state index contributed by atoms with van der Waals surface area (Å²) in [7, 11) is 0. The highest BCUT2D eigenvalue weighted by Gasteiger charge is 2.11. The third kappa shape index (κ3) is 4.05. The molecule has 0 unspecified atom stereocenters. The van der Waals surface area contributed by atoms with Crippen molar-refractivity contribution in [2.45, 2.75) is 27.3 Å². The first kappa shape index (κ1) is 15.0. The zero-order chi connectivity index (χ0) is 15.2. The van der Waals surface area contributed by atoms with Crippen LogP contribution in [0, 0.1) is 13.8 Å². The normalized spacial score (nSPS) is 10.4. The van der Waals surface area contributed by atoms with Gasteiger partial charge in [-0.15, -0.1) is 0 Å². The molecule has 6 heteroatoms. The fourth-order valence-corrected chi connectivity index (χ4v) is 2.05. The van der Waals surface area contributed by atoms with E-state index in [1.165, 1.54) is 0 Å². The lowest BCUT2D eigenvalue weighted by Gasteiger charge is -2.11. The summed E-state index contributed by atoms with van der Waals surface area (Å²) in [6.45, 7) is 7.83. The van der Waals surface area contributed by atoms with Crippen LogP contribution in [-0.4, -0.2) is 33.8 Å². The summed E-state index contributed by atoms with van der Waals surface area (Å²) in [6.07, 6.45) is 5.36. The summed E-state index contributed by atoms with van der Waals surface area (Å²) in [5.74, 6) is -0.123. The van der Waals surface area contributed by atoms with Gasteiger partial charge in [0.25, 0.3) is 5.91 Å². The van der Waals surface area contributed by atoms with Crippen molar-refractivity contribution in [2.75, 3.05) is 18.4 Å². The highest BCUT2D eigenvalue weighted by Crippen LogP contribution is 2.15. The van der Waals surface area contributed by atoms with Crippen LogP contribution in [0.3, 0.4) is 0 Å². The number of aryl methyl sites for hydroxylation is 2. The molecule has 112 valence electrons. The monoisotopic (exact) mass is 287 g/mol. The Bertz CT molecular complexity index is 620. The Labute approximate surface area is 124 Å². The number of carbonyl (C=O) groups excluding carboxylic acids is 1. The molecule has 21 heavy (non-hydrogen) atoms. The van der Waals surface area contributed by atoms with Crippen molar-refractivity contribution in [1.29, 1.82) is 0 Å². The Kier molecular flexibility index (Phi) is 4.92. The van der Waals surface area contributed by atoms with E-state index in [0.717, 1.165) is 23.5 Å². The molecule has 2 N–H and O–H groups in total. The van der Waals surface area contributed by atoms with E-state index in [2.05, 4.69) is 20.7 Å². The van der Waals surface area contributed by atoms with Gasteiger partial charge in [0.1, 0.15) is 0 Å². The van der Waals surface area contributed by atoms with Gasteiger partial charge in [0, 0.05) is 31.2 Å². The molecular weight excluding hydrogens is 266 g/mol. The smallest absolute Gasteiger partial charge is 0.255 e. The fraction of sp³-hybridized carbons (Fsp3) is 0.400. The van der Waals surface area contributed by atoms with E-state index in [9.17, 15) is 4.79 Å². The van der Waals surface area contributed by atoms with E-state index >= 15 is 0 Å². The number of nitrogens with one attached hydrogen (secondary N) is 2. The van der Waals surface area contributed by atoms with Gasteiger partial charge in [-0.25, -0.2) is 0 Å². The molecule has 0 aromatic carbocycles. The molecule has 2 heterocycles. The fourth-order valence-electron chi connectivity index (χ4n) is 2.05. The Morgan fingerprint density at radius 3 is 2.81 bits per heavy atom. The molecule has 0 aliphatic rings. The van der Waals surface area contributed by atoms with Crippen molar-refractivity contribution in [2.24, 2.45) is 0 Å². The minimum atomic E-state index is -0.123. The molecular formula is C15H21N5O. The zero-order valence-electron chi connectivity index (χ0n) is 12.7. The third-order valence-corrected chi connectivity index (χ3v) is 3.04. The quantitative estimate of drug-likeness (QED) is 0.849. The Morgan fingerprint density at radius 2 is 2.14 bits per heavy atom. The van der Waals surface area contributed by atoms with Gasteiger partial charge in [0.15, 0.2) is 0 Å². The van der Waals surface area contributed by atoms with Crippen LogP contribution in [0.1, 0.15) is 28.5 Å². The number of carbonyl (C=O) groups is 1. The number of aromatic nitrogens is 3. The zero-order valence-corrected chi connectivity index (χ0v) is 12.7. The van der Waals surface area contributed by atoms with E-state index in [1.54, 1.807) is 12.4 Å². The third-order valence-electron chi connectivity index (χ3n) is 3.04. The maximum Gasteiger partial charge on any atom is 0.255 e. The van der Waals surface area contributed by atoms with Crippen molar-refractivity contribution >= 4 is 11.6 Å². The van der Waals surface area contributed by atoms with Crippen LogP contribution < -0.4 is 10.6 Å². The molecule has 0 aliphatic carbocycles. The first-order valence-corrected chi connectivity index (χ1v) is 7.08. The summed E-state index contributed by atoms with van der Waals surface area (Å²) in [6, 6.07) is 1.88. The summed E-state index contributed by atoms with van der Waals surface area (Å²) in [5, 5.41) is 10.3. The molecule has 2 aromatic heterocycles. The van der Waals surface area contributed by atoms with Crippen LogP contribution in [-0.2, 0) is 6.54 Å². The average Bonchev–Trinajstić information content (AvgIpc) is 2.85. The van der Waals surface area contributed by atoms with Crippen molar-refractivity contribution in [3.63, 3.8) is 0 Å². The van der Waals surface area contributed by atoms with Gasteiger partial charge >= 0.3 is 0 Å². The molecule has 2 aromatic rings. The van der Waals surface area contributed by atoms with Gasteiger partial charge in [-0.05, 0) is 32.4 Å². The number of hydrogen-bond acceptors (Lipinski definition) is 4. The van der Waals surface area contributed by atoms with E-state index < -0.39 is 0 Å². The lowest BCUT2D eigenvalue weighted by Crippen LogP contribution is -2.28. The van der Waals surface area contributed by atoms with Crippen LogP contribution in [0.25, 0.3) is 0 Å². The molecule has 0 atom stereocenters. The summed E-state index contributed by atoms with van der Waals surface area (Å²) < 4.78 is 1.81. The van der Waals surface area contributed by atoms with E-state index in [1.807, 2.05) is 37.7 Å². The topological polar surface area (TPSA) is 71.8 Å². The molecule has 0 aliphatic heterocycles. The Balaban J connectivity index is 1.96. The second-order valence-corrected chi connectivity index (χ2v) is 4.94. The van der Waals surface area contributed by atoms with Gasteiger partial charge < -0.3 is 10.6 Å². The number of rotatable bonds is 6. The number of anilines is 1. The predicted molar refractivity (Wildman–Crippen MR) is 82.4 cm³/mol. The molecule has 2 rings (SSSR count). The van der Waals surface area contributed by atoms with Crippen molar-refractivity contribution < 1.29 is 4.79 Å². The molecule has 0 bridgehead atoms. The first-order valence-electron chi connectivity index (χ1n) is 7.08. The average molecular weight is 287 g/mol. The summed E-state index contributed by atoms with van der Waals surface area (Å²) in [5.41, 5.74) is 3.38. The Hall–Kier alpha value is -2.37. The van der Waals surface area contributed by atoms with Gasteiger partial charge in [0.05, 0.1) is 24.0 Å². The number of nitrogens with zero attached hydrogens (tertiary/aromatic N) is 3. The van der Waals surface area contributed by atoms with Crippen LogP contribution in [0.5, 0.6) is 0 Å². The van der Waals surface area contributed by atoms with Gasteiger partial charge in [-0.1, -0.05) is 0 Å². The highest BCUT2D eigenvalue weighted by molar-refractivity contribution is 5.99. The van der Waals surface area contributed by atoms with E-state index in [0.29, 0.717) is 18.7 Å². The standard InChI is InChI=1S/C15H21N5O/c1-4-16-14-7-12(3)18-9-13(14)15(21)17-5-6-20-10-11(2)8-19-20/h7-10H,4-6H2,1-3H3,(H,16,18)(H,17,21). The van der Waals surface area contributed by atoms with Gasteiger partial charge in [0.2, 0.25) is 0 Å². The molecule has 6 nitrogen and oxygen atoms in total. The summed E-state index contributed by atoms with van der Waals surface area (Å²) in [4.78, 5) is 16.4. The second kappa shape index (κ2) is 6.88. The van der Waals surface area contributed by atoms with Gasteiger partial charge in [-0.3, -0.25) is 14.5 Å². The second-order valence-electron chi connectivity index (χ2n) is 4.94. The Morgan fingerprint density at radius 1 is 1.33 bits per heavy atom. The molecule has 0 saturated heterocycles.